The summed E-state index contributed by atoms with van der Waals surface area (Å²) in [4.78, 5) is 10.8. The Morgan fingerprint density at radius 1 is 1.16 bits per heavy atom. The smallest absolute Gasteiger partial charge is 0.150 e. The molecule has 98 valence electrons. The Bertz CT molecular complexity index is 586. The van der Waals surface area contributed by atoms with Gasteiger partial charge in [-0.1, -0.05) is 29.8 Å². The maximum atomic E-state index is 10.8. The number of ether oxygens (including phenoxy) is 1. The quantitative estimate of drug-likeness (QED) is 0.701. The van der Waals surface area contributed by atoms with Crippen LogP contribution < -0.4 is 4.74 Å². The van der Waals surface area contributed by atoms with Gasteiger partial charge in [0, 0.05) is 5.56 Å². The van der Waals surface area contributed by atoms with Crippen LogP contribution in [-0.2, 0) is 6.61 Å². The van der Waals surface area contributed by atoms with Crippen LogP contribution in [0.5, 0.6) is 5.75 Å². The lowest BCUT2D eigenvalue weighted by Crippen LogP contribution is -1.98. The van der Waals surface area contributed by atoms with Crippen molar-refractivity contribution in [2.75, 3.05) is 0 Å². The zero-order chi connectivity index (χ0) is 13.8. The number of carbonyl (C=O) groups excluding carboxylic acids is 1. The van der Waals surface area contributed by atoms with Crippen LogP contribution in [-0.4, -0.2) is 6.29 Å². The van der Waals surface area contributed by atoms with Crippen LogP contribution in [0.25, 0.3) is 0 Å². The molecule has 0 unspecified atom stereocenters. The average molecular weight is 384 g/mol. The van der Waals surface area contributed by atoms with Gasteiger partial charge in [0.05, 0.1) is 8.95 Å². The van der Waals surface area contributed by atoms with Crippen LogP contribution in [0, 0.1) is 6.92 Å². The molecule has 4 heteroatoms. The molecule has 0 bridgehead atoms. The molecule has 0 aliphatic rings. The minimum Gasteiger partial charge on any atom is -0.487 e. The molecule has 0 fully saturated rings. The van der Waals surface area contributed by atoms with Gasteiger partial charge in [0.15, 0.2) is 0 Å². The van der Waals surface area contributed by atoms with Gasteiger partial charge in [-0.25, -0.2) is 0 Å². The van der Waals surface area contributed by atoms with E-state index in [-0.39, 0.29) is 0 Å². The number of carbonyl (C=O) groups is 1. The summed E-state index contributed by atoms with van der Waals surface area (Å²) >= 11 is 6.83. The minimum atomic E-state index is 0.485. The highest BCUT2D eigenvalue weighted by molar-refractivity contribution is 9.11. The summed E-state index contributed by atoms with van der Waals surface area (Å²) in [6, 6.07) is 11.6. The van der Waals surface area contributed by atoms with E-state index in [4.69, 9.17) is 4.74 Å². The standard InChI is InChI=1S/C15H12Br2O2/c1-10-3-2-4-11(5-10)9-19-15-13(16)6-12(8-18)7-14(15)17/h2-8H,9H2,1H3. The van der Waals surface area contributed by atoms with E-state index in [2.05, 4.69) is 37.9 Å². The van der Waals surface area contributed by atoms with Crippen molar-refractivity contribution >= 4 is 38.1 Å². The Balaban J connectivity index is 2.18. The van der Waals surface area contributed by atoms with Crippen LogP contribution in [0.2, 0.25) is 0 Å². The highest BCUT2D eigenvalue weighted by Gasteiger charge is 2.09. The average Bonchev–Trinajstić information content (AvgIpc) is 2.37. The van der Waals surface area contributed by atoms with E-state index in [1.165, 1.54) is 5.56 Å². The summed E-state index contributed by atoms with van der Waals surface area (Å²) < 4.78 is 7.32. The van der Waals surface area contributed by atoms with Gasteiger partial charge in [0.2, 0.25) is 0 Å². The predicted octanol–water partition coefficient (Wildman–Crippen LogP) is 4.91. The highest BCUT2D eigenvalue weighted by Crippen LogP contribution is 2.34. The molecular weight excluding hydrogens is 372 g/mol. The molecule has 2 aromatic rings. The first kappa shape index (κ1) is 14.3. The van der Waals surface area contributed by atoms with Crippen molar-refractivity contribution in [1.82, 2.24) is 0 Å². The van der Waals surface area contributed by atoms with Gasteiger partial charge in [0.25, 0.3) is 0 Å². The van der Waals surface area contributed by atoms with Crippen molar-refractivity contribution in [2.45, 2.75) is 13.5 Å². The number of benzene rings is 2. The van der Waals surface area contributed by atoms with E-state index in [0.717, 1.165) is 20.8 Å². The Labute approximate surface area is 129 Å². The first-order chi connectivity index (χ1) is 9.10. The molecule has 0 saturated carbocycles. The SMILES string of the molecule is Cc1cccc(COc2c(Br)cc(C=O)cc2Br)c1. The molecule has 19 heavy (non-hydrogen) atoms. The number of hydrogen-bond donors (Lipinski definition) is 0. The molecule has 0 spiro atoms. The molecule has 0 saturated heterocycles. The number of halogens is 2. The molecule has 0 aromatic heterocycles. The van der Waals surface area contributed by atoms with Crippen molar-refractivity contribution in [3.8, 4) is 5.75 Å². The van der Waals surface area contributed by atoms with Crippen LogP contribution in [0.4, 0.5) is 0 Å². The number of rotatable bonds is 4. The highest BCUT2D eigenvalue weighted by atomic mass is 79.9. The zero-order valence-electron chi connectivity index (χ0n) is 10.3. The summed E-state index contributed by atoms with van der Waals surface area (Å²) in [6.45, 7) is 2.54. The predicted molar refractivity (Wildman–Crippen MR) is 82.7 cm³/mol. The summed E-state index contributed by atoms with van der Waals surface area (Å²) in [5, 5.41) is 0. The zero-order valence-corrected chi connectivity index (χ0v) is 13.5. The number of aldehydes is 1. The third-order valence-electron chi connectivity index (χ3n) is 2.62. The Hall–Kier alpha value is -1.13. The lowest BCUT2D eigenvalue weighted by molar-refractivity contribution is 0.112. The molecular formula is C15H12Br2O2. The third-order valence-corrected chi connectivity index (χ3v) is 3.80. The molecule has 0 amide bonds. The normalized spacial score (nSPS) is 10.3. The van der Waals surface area contributed by atoms with Crippen LogP contribution in [0.15, 0.2) is 45.3 Å². The molecule has 2 aromatic carbocycles. The molecule has 0 aliphatic carbocycles. The summed E-state index contributed by atoms with van der Waals surface area (Å²) in [6.07, 6.45) is 0.805. The Kier molecular flexibility index (Phi) is 4.77. The molecule has 0 N–H and O–H groups in total. The van der Waals surface area contributed by atoms with Gasteiger partial charge < -0.3 is 4.74 Å². The van der Waals surface area contributed by atoms with Crippen molar-refractivity contribution in [1.29, 1.82) is 0 Å². The largest absolute Gasteiger partial charge is 0.487 e. The summed E-state index contributed by atoms with van der Waals surface area (Å²) in [5.74, 6) is 0.701. The van der Waals surface area contributed by atoms with Gasteiger partial charge in [-0.05, 0) is 56.5 Å². The topological polar surface area (TPSA) is 26.3 Å². The van der Waals surface area contributed by atoms with E-state index in [0.29, 0.717) is 17.9 Å². The summed E-state index contributed by atoms with van der Waals surface area (Å²) in [7, 11) is 0. The fourth-order valence-corrected chi connectivity index (χ4v) is 3.19. The third kappa shape index (κ3) is 3.67. The lowest BCUT2D eigenvalue weighted by Gasteiger charge is -2.11. The number of hydrogen-bond acceptors (Lipinski definition) is 2. The fourth-order valence-electron chi connectivity index (χ4n) is 1.74. The van der Waals surface area contributed by atoms with Gasteiger partial charge in [-0.3, -0.25) is 4.79 Å². The number of aryl methyl sites for hydroxylation is 1. The van der Waals surface area contributed by atoms with E-state index >= 15 is 0 Å². The van der Waals surface area contributed by atoms with Crippen LogP contribution >= 0.6 is 31.9 Å². The van der Waals surface area contributed by atoms with Crippen molar-refractivity contribution < 1.29 is 9.53 Å². The second-order valence-electron chi connectivity index (χ2n) is 4.21. The molecule has 0 heterocycles. The molecule has 0 aliphatic heterocycles. The van der Waals surface area contributed by atoms with E-state index in [1.807, 2.05) is 25.1 Å². The monoisotopic (exact) mass is 382 g/mol. The van der Waals surface area contributed by atoms with Crippen LogP contribution in [0.3, 0.4) is 0 Å². The second-order valence-corrected chi connectivity index (χ2v) is 5.92. The molecule has 2 nitrogen and oxygen atoms in total. The first-order valence-electron chi connectivity index (χ1n) is 5.72. The van der Waals surface area contributed by atoms with Gasteiger partial charge in [-0.2, -0.15) is 0 Å². The maximum Gasteiger partial charge on any atom is 0.150 e. The van der Waals surface area contributed by atoms with E-state index < -0.39 is 0 Å². The van der Waals surface area contributed by atoms with Crippen molar-refractivity contribution in [3.05, 3.63) is 62.0 Å². The molecule has 2 rings (SSSR count). The van der Waals surface area contributed by atoms with E-state index in [9.17, 15) is 4.79 Å². The van der Waals surface area contributed by atoms with E-state index in [1.54, 1.807) is 12.1 Å². The van der Waals surface area contributed by atoms with Gasteiger partial charge in [0.1, 0.15) is 18.6 Å². The molecule has 0 radical (unpaired) electrons. The van der Waals surface area contributed by atoms with Crippen molar-refractivity contribution in [3.63, 3.8) is 0 Å². The van der Waals surface area contributed by atoms with Crippen LogP contribution in [0.1, 0.15) is 21.5 Å². The molecule has 0 atom stereocenters. The summed E-state index contributed by atoms with van der Waals surface area (Å²) in [5.41, 5.74) is 2.91. The Morgan fingerprint density at radius 3 is 2.42 bits per heavy atom. The van der Waals surface area contributed by atoms with Gasteiger partial charge in [-0.15, -0.1) is 0 Å². The fraction of sp³-hybridized carbons (Fsp3) is 0.133. The lowest BCUT2D eigenvalue weighted by atomic mass is 10.1. The first-order valence-corrected chi connectivity index (χ1v) is 7.31. The minimum absolute atomic E-state index is 0.485. The van der Waals surface area contributed by atoms with Gasteiger partial charge >= 0.3 is 0 Å². The van der Waals surface area contributed by atoms with Crippen molar-refractivity contribution in [2.24, 2.45) is 0 Å². The second kappa shape index (κ2) is 6.35. The maximum absolute atomic E-state index is 10.8. The Morgan fingerprint density at radius 2 is 1.84 bits per heavy atom.